The predicted molar refractivity (Wildman–Crippen MR) is 68.9 cm³/mol. The second-order valence-corrected chi connectivity index (χ2v) is 4.71. The molecule has 2 heteroatoms. The zero-order chi connectivity index (χ0) is 12.0. The lowest BCUT2D eigenvalue weighted by Gasteiger charge is -2.08. The zero-order valence-corrected chi connectivity index (χ0v) is 10.8. The van der Waals surface area contributed by atoms with Gasteiger partial charge in [0.2, 0.25) is 5.24 Å². The summed E-state index contributed by atoms with van der Waals surface area (Å²) in [7, 11) is 0. The normalized spacial score (nSPS) is 10.4. The molecule has 0 amide bonds. The van der Waals surface area contributed by atoms with Crippen molar-refractivity contribution in [2.24, 2.45) is 0 Å². The Morgan fingerprint density at radius 1 is 1.12 bits per heavy atom. The molecule has 0 fully saturated rings. The first-order valence-electron chi connectivity index (χ1n) is 5.84. The number of hydrogen-bond donors (Lipinski definition) is 0. The molecule has 1 aromatic carbocycles. The Labute approximate surface area is 103 Å². The number of unbranched alkanes of at least 4 members (excludes halogenated alkanes) is 2. The van der Waals surface area contributed by atoms with Gasteiger partial charge in [0.25, 0.3) is 0 Å². The van der Waals surface area contributed by atoms with Gasteiger partial charge >= 0.3 is 0 Å². The fourth-order valence-electron chi connectivity index (χ4n) is 1.99. The summed E-state index contributed by atoms with van der Waals surface area (Å²) in [4.78, 5) is 10.6. The molecule has 0 saturated carbocycles. The van der Waals surface area contributed by atoms with Crippen molar-refractivity contribution in [3.8, 4) is 0 Å². The number of halogens is 1. The van der Waals surface area contributed by atoms with Gasteiger partial charge in [-0.25, -0.2) is 0 Å². The summed E-state index contributed by atoms with van der Waals surface area (Å²) in [6.45, 7) is 4.31. The molecule has 0 heterocycles. The molecule has 0 bridgehead atoms. The average molecular weight is 239 g/mol. The smallest absolute Gasteiger partial charge is 0.221 e. The summed E-state index contributed by atoms with van der Waals surface area (Å²) in [6, 6.07) is 6.41. The minimum absolute atomic E-state index is 0.216. The van der Waals surface area contributed by atoms with Crippen molar-refractivity contribution in [1.82, 2.24) is 0 Å². The van der Waals surface area contributed by atoms with Gasteiger partial charge in [0.1, 0.15) is 0 Å². The topological polar surface area (TPSA) is 17.1 Å². The van der Waals surface area contributed by atoms with Gasteiger partial charge in [0.15, 0.2) is 0 Å². The monoisotopic (exact) mass is 238 g/mol. The van der Waals surface area contributed by atoms with Gasteiger partial charge in [-0.2, -0.15) is 0 Å². The highest BCUT2D eigenvalue weighted by Crippen LogP contribution is 2.16. The average Bonchev–Trinajstić information content (AvgIpc) is 2.21. The molecule has 1 nitrogen and oxygen atoms in total. The molecule has 0 aliphatic rings. The van der Waals surface area contributed by atoms with Crippen LogP contribution in [0.4, 0.5) is 0 Å². The first-order valence-corrected chi connectivity index (χ1v) is 6.22. The summed E-state index contributed by atoms with van der Waals surface area (Å²) < 4.78 is 0. The van der Waals surface area contributed by atoms with Crippen LogP contribution in [0.15, 0.2) is 18.2 Å². The molecule has 0 aliphatic heterocycles. The van der Waals surface area contributed by atoms with E-state index >= 15 is 0 Å². The van der Waals surface area contributed by atoms with Crippen LogP contribution in [0.3, 0.4) is 0 Å². The second-order valence-electron chi connectivity index (χ2n) is 4.29. The third-order valence-electron chi connectivity index (χ3n) is 2.94. The number of hydrogen-bond acceptors (Lipinski definition) is 1. The van der Waals surface area contributed by atoms with E-state index in [9.17, 15) is 4.79 Å². The lowest BCUT2D eigenvalue weighted by molar-refractivity contribution is -0.111. The van der Waals surface area contributed by atoms with Crippen molar-refractivity contribution in [2.45, 2.75) is 46.0 Å². The van der Waals surface area contributed by atoms with Crippen LogP contribution in [0.2, 0.25) is 0 Å². The fraction of sp³-hybridized carbons (Fsp3) is 0.500. The third kappa shape index (κ3) is 4.36. The molecule has 0 N–H and O–H groups in total. The van der Waals surface area contributed by atoms with Crippen molar-refractivity contribution in [3.63, 3.8) is 0 Å². The maximum atomic E-state index is 10.6. The highest BCUT2D eigenvalue weighted by Gasteiger charge is 2.02. The Morgan fingerprint density at radius 2 is 1.75 bits per heavy atom. The first-order chi connectivity index (χ1) is 7.61. The molecule has 1 aromatic rings. The van der Waals surface area contributed by atoms with Crippen LogP contribution in [0, 0.1) is 13.8 Å². The Morgan fingerprint density at radius 3 is 2.31 bits per heavy atom. The van der Waals surface area contributed by atoms with E-state index in [4.69, 9.17) is 11.6 Å². The summed E-state index contributed by atoms with van der Waals surface area (Å²) in [5, 5.41) is -0.216. The van der Waals surface area contributed by atoms with E-state index in [2.05, 4.69) is 32.0 Å². The van der Waals surface area contributed by atoms with Crippen molar-refractivity contribution in [2.75, 3.05) is 0 Å². The van der Waals surface area contributed by atoms with Crippen molar-refractivity contribution < 1.29 is 4.79 Å². The van der Waals surface area contributed by atoms with E-state index in [0.717, 1.165) is 25.7 Å². The molecule has 16 heavy (non-hydrogen) atoms. The van der Waals surface area contributed by atoms with E-state index < -0.39 is 0 Å². The molecule has 0 aromatic heterocycles. The van der Waals surface area contributed by atoms with Gasteiger partial charge in [-0.3, -0.25) is 4.79 Å². The number of benzene rings is 1. The summed E-state index contributed by atoms with van der Waals surface area (Å²) in [5.41, 5.74) is 4.20. The van der Waals surface area contributed by atoms with Gasteiger partial charge in [-0.15, -0.1) is 0 Å². The van der Waals surface area contributed by atoms with Crippen LogP contribution in [0.5, 0.6) is 0 Å². The molecule has 0 unspecified atom stereocenters. The Hall–Kier alpha value is -0.820. The van der Waals surface area contributed by atoms with E-state index in [-0.39, 0.29) is 5.24 Å². The van der Waals surface area contributed by atoms with Crippen molar-refractivity contribution >= 4 is 16.8 Å². The molecule has 1 rings (SSSR count). The lowest BCUT2D eigenvalue weighted by atomic mass is 9.97. The van der Waals surface area contributed by atoms with Gasteiger partial charge in [0.05, 0.1) is 0 Å². The van der Waals surface area contributed by atoms with Crippen molar-refractivity contribution in [3.05, 3.63) is 34.9 Å². The summed E-state index contributed by atoms with van der Waals surface area (Å²) >= 11 is 5.29. The van der Waals surface area contributed by atoms with Crippen LogP contribution in [0.25, 0.3) is 0 Å². The molecule has 0 spiro atoms. The Kier molecular flexibility index (Phi) is 5.54. The number of rotatable bonds is 6. The van der Waals surface area contributed by atoms with Gasteiger partial charge < -0.3 is 0 Å². The van der Waals surface area contributed by atoms with Gasteiger partial charge in [0, 0.05) is 6.42 Å². The Balaban J connectivity index is 2.34. The van der Waals surface area contributed by atoms with Crippen LogP contribution in [0.1, 0.15) is 42.4 Å². The minimum atomic E-state index is -0.216. The highest BCUT2D eigenvalue weighted by molar-refractivity contribution is 6.63. The summed E-state index contributed by atoms with van der Waals surface area (Å²) in [5.74, 6) is 0. The Bertz CT molecular complexity index is 338. The predicted octanol–water partition coefficient (Wildman–Crippen LogP) is 4.17. The second kappa shape index (κ2) is 6.70. The van der Waals surface area contributed by atoms with E-state index in [1.54, 1.807) is 0 Å². The molecular formula is C14H19ClO. The van der Waals surface area contributed by atoms with Gasteiger partial charge in [-0.1, -0.05) is 24.6 Å². The maximum Gasteiger partial charge on any atom is 0.221 e. The zero-order valence-electron chi connectivity index (χ0n) is 10.1. The van der Waals surface area contributed by atoms with E-state index in [1.807, 2.05) is 0 Å². The highest BCUT2D eigenvalue weighted by atomic mass is 35.5. The number of carbonyl (C=O) groups excluding carboxylic acids is 1. The van der Waals surface area contributed by atoms with Crippen LogP contribution < -0.4 is 0 Å². The van der Waals surface area contributed by atoms with Crippen LogP contribution >= 0.6 is 11.6 Å². The van der Waals surface area contributed by atoms with Crippen LogP contribution in [-0.2, 0) is 11.2 Å². The minimum Gasteiger partial charge on any atom is -0.281 e. The standard InChI is InChI=1S/C14H19ClO/c1-11-7-6-8-12(2)13(11)9-4-3-5-10-14(15)16/h6-8H,3-5,9-10H2,1-2H3. The van der Waals surface area contributed by atoms with E-state index in [0.29, 0.717) is 6.42 Å². The molecule has 0 atom stereocenters. The fourth-order valence-corrected chi connectivity index (χ4v) is 2.12. The SMILES string of the molecule is Cc1cccc(C)c1CCCCCC(=O)Cl. The number of carbonyl (C=O) groups is 1. The van der Waals surface area contributed by atoms with E-state index in [1.165, 1.54) is 16.7 Å². The number of aryl methyl sites for hydroxylation is 2. The molecule has 0 radical (unpaired) electrons. The molecule has 88 valence electrons. The summed E-state index contributed by atoms with van der Waals surface area (Å²) in [6.07, 6.45) is 4.73. The molecule has 0 aliphatic carbocycles. The van der Waals surface area contributed by atoms with Crippen LogP contribution in [-0.4, -0.2) is 5.24 Å². The molecular weight excluding hydrogens is 220 g/mol. The molecule has 0 saturated heterocycles. The van der Waals surface area contributed by atoms with Gasteiger partial charge in [-0.05, 0) is 61.4 Å². The third-order valence-corrected chi connectivity index (χ3v) is 3.13. The largest absolute Gasteiger partial charge is 0.281 e. The quantitative estimate of drug-likeness (QED) is 0.537. The van der Waals surface area contributed by atoms with Crippen molar-refractivity contribution in [1.29, 1.82) is 0 Å². The first kappa shape index (κ1) is 13.2. The lowest BCUT2D eigenvalue weighted by Crippen LogP contribution is -1.94. The maximum absolute atomic E-state index is 10.6.